The van der Waals surface area contributed by atoms with Crippen LogP contribution in [0.1, 0.15) is 68.0 Å². The summed E-state index contributed by atoms with van der Waals surface area (Å²) in [6.45, 7) is 2.47. The van der Waals surface area contributed by atoms with Gasteiger partial charge in [0.25, 0.3) is 0 Å². The number of fused-ring (bicyclic) bond motifs is 3. The van der Waals surface area contributed by atoms with Gasteiger partial charge in [0.2, 0.25) is 5.95 Å². The number of aryl methyl sites for hydroxylation is 1. The molecule has 1 aliphatic carbocycles. The van der Waals surface area contributed by atoms with Gasteiger partial charge in [-0.3, -0.25) is 0 Å². The standard InChI is InChI=1S/C29H36FN5O3/c1-36-29(37-2)19-14-16-34(17-15-19)25-13-11-23(31-32-25)21-7-3-4-8-22-20(21)10-12-24-27(22)28(30)33-35(24)26-9-5-6-18-38-26/h7,10-13,19,26,29H,3-6,8-9,14-18H2,1-2H3. The molecular formula is C29H36FN5O3. The van der Waals surface area contributed by atoms with Crippen LogP contribution in [0.3, 0.4) is 0 Å². The summed E-state index contributed by atoms with van der Waals surface area (Å²) in [5.41, 5.74) is 4.66. The Labute approximate surface area is 222 Å². The fraction of sp³-hybridized carbons (Fsp3) is 0.552. The number of hydrogen-bond acceptors (Lipinski definition) is 7. The molecule has 1 atom stereocenters. The number of piperidine rings is 1. The summed E-state index contributed by atoms with van der Waals surface area (Å²) in [6.07, 6.45) is 9.44. The Hall–Kier alpha value is -2.88. The maximum atomic E-state index is 15.3. The van der Waals surface area contributed by atoms with E-state index in [0.717, 1.165) is 98.2 Å². The van der Waals surface area contributed by atoms with E-state index in [1.54, 1.807) is 18.9 Å². The van der Waals surface area contributed by atoms with E-state index in [9.17, 15) is 0 Å². The maximum absolute atomic E-state index is 15.3. The van der Waals surface area contributed by atoms with E-state index in [2.05, 4.69) is 38.4 Å². The van der Waals surface area contributed by atoms with Gasteiger partial charge in [0.15, 0.2) is 18.3 Å². The van der Waals surface area contributed by atoms with Gasteiger partial charge in [-0.05, 0) is 80.7 Å². The van der Waals surface area contributed by atoms with E-state index >= 15 is 4.39 Å². The molecule has 2 fully saturated rings. The van der Waals surface area contributed by atoms with Crippen LogP contribution in [0.2, 0.25) is 0 Å². The van der Waals surface area contributed by atoms with Gasteiger partial charge in [-0.1, -0.05) is 12.1 Å². The highest BCUT2D eigenvalue weighted by molar-refractivity contribution is 5.92. The number of nitrogens with zero attached hydrogens (tertiary/aromatic N) is 5. The van der Waals surface area contributed by atoms with Crippen LogP contribution in [0.15, 0.2) is 30.3 Å². The Balaban J connectivity index is 1.26. The van der Waals surface area contributed by atoms with Crippen molar-refractivity contribution < 1.29 is 18.6 Å². The van der Waals surface area contributed by atoms with Crippen molar-refractivity contribution in [3.05, 3.63) is 53.1 Å². The smallest absolute Gasteiger partial charge is 0.240 e. The van der Waals surface area contributed by atoms with Crippen molar-refractivity contribution in [2.75, 3.05) is 38.8 Å². The van der Waals surface area contributed by atoms with Gasteiger partial charge in [0, 0.05) is 45.4 Å². The Morgan fingerprint density at radius 3 is 2.55 bits per heavy atom. The molecule has 0 radical (unpaired) electrons. The molecule has 1 aromatic carbocycles. The fourth-order valence-corrected chi connectivity index (χ4v) is 6.30. The number of rotatable bonds is 6. The molecule has 1 unspecified atom stereocenters. The van der Waals surface area contributed by atoms with E-state index in [1.807, 2.05) is 12.1 Å². The molecule has 38 heavy (non-hydrogen) atoms. The topological polar surface area (TPSA) is 74.5 Å². The minimum absolute atomic E-state index is 0.161. The highest BCUT2D eigenvalue weighted by atomic mass is 19.1. The average molecular weight is 522 g/mol. The summed E-state index contributed by atoms with van der Waals surface area (Å²) in [5.74, 6) is 0.844. The van der Waals surface area contributed by atoms with Crippen LogP contribution >= 0.6 is 0 Å². The molecule has 8 nitrogen and oxygen atoms in total. The summed E-state index contributed by atoms with van der Waals surface area (Å²) < 4.78 is 33.9. The fourth-order valence-electron chi connectivity index (χ4n) is 6.30. The number of hydrogen-bond donors (Lipinski definition) is 0. The molecular weight excluding hydrogens is 485 g/mol. The zero-order valence-electron chi connectivity index (χ0n) is 22.2. The number of halogens is 1. The highest BCUT2D eigenvalue weighted by Crippen LogP contribution is 2.37. The zero-order chi connectivity index (χ0) is 26.1. The molecule has 202 valence electrons. The van der Waals surface area contributed by atoms with Crippen molar-refractivity contribution in [3.8, 4) is 0 Å². The minimum atomic E-state index is -0.415. The van der Waals surface area contributed by atoms with Crippen molar-refractivity contribution in [2.24, 2.45) is 5.92 Å². The van der Waals surface area contributed by atoms with Crippen LogP contribution in [0.4, 0.5) is 10.2 Å². The van der Waals surface area contributed by atoms with Gasteiger partial charge in [0.1, 0.15) is 0 Å². The number of anilines is 1. The van der Waals surface area contributed by atoms with Gasteiger partial charge in [-0.15, -0.1) is 15.3 Å². The van der Waals surface area contributed by atoms with Gasteiger partial charge < -0.3 is 19.1 Å². The maximum Gasteiger partial charge on any atom is 0.240 e. The molecule has 0 amide bonds. The van der Waals surface area contributed by atoms with Crippen LogP contribution in [-0.2, 0) is 20.6 Å². The molecule has 0 N–H and O–H groups in total. The Morgan fingerprint density at radius 1 is 1.00 bits per heavy atom. The van der Waals surface area contributed by atoms with E-state index in [4.69, 9.17) is 14.2 Å². The number of methoxy groups -OCH3 is 2. The molecule has 0 saturated carbocycles. The molecule has 3 aromatic rings. The van der Waals surface area contributed by atoms with Gasteiger partial charge in [-0.2, -0.15) is 4.39 Å². The van der Waals surface area contributed by atoms with Crippen molar-refractivity contribution in [1.82, 2.24) is 20.0 Å². The monoisotopic (exact) mass is 521 g/mol. The summed E-state index contributed by atoms with van der Waals surface area (Å²) >= 11 is 0. The zero-order valence-corrected chi connectivity index (χ0v) is 22.2. The van der Waals surface area contributed by atoms with Crippen LogP contribution < -0.4 is 4.90 Å². The molecule has 9 heteroatoms. The number of ether oxygens (including phenoxy) is 3. The van der Waals surface area contributed by atoms with Crippen molar-refractivity contribution in [2.45, 2.75) is 63.9 Å². The number of aromatic nitrogens is 4. The van der Waals surface area contributed by atoms with Crippen LogP contribution in [0, 0.1) is 11.9 Å². The normalized spacial score (nSPS) is 21.0. The van der Waals surface area contributed by atoms with Crippen LogP contribution in [0.25, 0.3) is 16.5 Å². The lowest BCUT2D eigenvalue weighted by Gasteiger charge is -2.35. The minimum Gasteiger partial charge on any atom is -0.356 e. The SMILES string of the molecule is COC(OC)C1CCN(c2ccc(C3=CCCCc4c3ccc3c4c(F)nn3C3CCCCO3)nn2)CC1. The first-order valence-electron chi connectivity index (χ1n) is 13.8. The lowest BCUT2D eigenvalue weighted by atomic mass is 9.94. The first kappa shape index (κ1) is 25.4. The molecule has 3 aliphatic rings. The summed E-state index contributed by atoms with van der Waals surface area (Å²) in [7, 11) is 3.39. The first-order valence-corrected chi connectivity index (χ1v) is 13.8. The summed E-state index contributed by atoms with van der Waals surface area (Å²) in [4.78, 5) is 2.27. The van der Waals surface area contributed by atoms with Crippen LogP contribution in [0.5, 0.6) is 0 Å². The Kier molecular flexibility index (Phi) is 7.41. The third-order valence-corrected chi connectivity index (χ3v) is 8.28. The molecule has 2 aromatic heterocycles. The highest BCUT2D eigenvalue weighted by Gasteiger charge is 2.28. The van der Waals surface area contributed by atoms with Gasteiger partial charge in [0.05, 0.1) is 16.6 Å². The third-order valence-electron chi connectivity index (χ3n) is 8.28. The summed E-state index contributed by atoms with van der Waals surface area (Å²) in [6, 6.07) is 8.18. The predicted molar refractivity (Wildman–Crippen MR) is 143 cm³/mol. The van der Waals surface area contributed by atoms with Crippen LogP contribution in [-0.4, -0.2) is 60.2 Å². The molecule has 0 spiro atoms. The number of benzene rings is 1. The third kappa shape index (κ3) is 4.72. The quantitative estimate of drug-likeness (QED) is 0.409. The molecule has 0 bridgehead atoms. The van der Waals surface area contributed by atoms with Gasteiger partial charge in [-0.25, -0.2) is 4.68 Å². The van der Waals surface area contributed by atoms with E-state index in [0.29, 0.717) is 17.9 Å². The Bertz CT molecular complexity index is 1290. The lowest BCUT2D eigenvalue weighted by molar-refractivity contribution is -0.141. The van der Waals surface area contributed by atoms with E-state index < -0.39 is 5.95 Å². The molecule has 2 aliphatic heterocycles. The second-order valence-electron chi connectivity index (χ2n) is 10.5. The second kappa shape index (κ2) is 11.1. The molecule has 4 heterocycles. The largest absolute Gasteiger partial charge is 0.356 e. The van der Waals surface area contributed by atoms with Gasteiger partial charge >= 0.3 is 0 Å². The van der Waals surface area contributed by atoms with E-state index in [1.165, 1.54) is 0 Å². The first-order chi connectivity index (χ1) is 18.7. The number of allylic oxidation sites excluding steroid dienone is 1. The Morgan fingerprint density at radius 2 is 1.84 bits per heavy atom. The molecule has 6 rings (SSSR count). The second-order valence-corrected chi connectivity index (χ2v) is 10.5. The van der Waals surface area contributed by atoms with Crippen molar-refractivity contribution in [1.29, 1.82) is 0 Å². The predicted octanol–water partition coefficient (Wildman–Crippen LogP) is 5.27. The van der Waals surface area contributed by atoms with E-state index in [-0.39, 0.29) is 12.5 Å². The van der Waals surface area contributed by atoms with Crippen molar-refractivity contribution >= 4 is 22.3 Å². The van der Waals surface area contributed by atoms with Crippen molar-refractivity contribution in [3.63, 3.8) is 0 Å². The molecule has 2 saturated heterocycles. The summed E-state index contributed by atoms with van der Waals surface area (Å²) in [5, 5.41) is 14.2. The average Bonchev–Trinajstić information content (AvgIpc) is 3.16. The lowest BCUT2D eigenvalue weighted by Crippen LogP contribution is -2.39.